The lowest BCUT2D eigenvalue weighted by atomic mass is 10.1. The summed E-state index contributed by atoms with van der Waals surface area (Å²) < 4.78 is 11.9. The minimum absolute atomic E-state index is 0.0712. The average Bonchev–Trinajstić information content (AvgIpc) is 3.01. The Kier molecular flexibility index (Phi) is 5.11. The molecule has 2 aromatic rings. The van der Waals surface area contributed by atoms with E-state index in [-0.39, 0.29) is 16.9 Å². The molecule has 1 atom stereocenters. The first kappa shape index (κ1) is 17.9. The topological polar surface area (TPSA) is 35.5 Å². The zero-order valence-electron chi connectivity index (χ0n) is 15.2. The van der Waals surface area contributed by atoms with Crippen LogP contribution >= 0.6 is 0 Å². The van der Waals surface area contributed by atoms with E-state index < -0.39 is 8.32 Å². The largest absolute Gasteiger partial charge is 0.465 e. The maximum Gasteiger partial charge on any atom is 0.311 e. The molecule has 1 fully saturated rings. The lowest BCUT2D eigenvalue weighted by molar-refractivity contribution is -0.141. The number of carbonyl (C=O) groups excluding carboxylic acids is 1. The standard InChI is InChI=1S/C21H26O3Si/c1-21(2,3)25(18-10-6-4-7-11-18,19-12-8-5-9-13-19)24-16-17-14-15-23-20(17)22/h4-13,17H,14-16H2,1-3H3/t17-/m0/s1. The Morgan fingerprint density at radius 3 is 1.92 bits per heavy atom. The molecule has 3 rings (SSSR count). The van der Waals surface area contributed by atoms with Crippen LogP contribution in [0.25, 0.3) is 0 Å². The molecule has 2 aromatic carbocycles. The molecule has 4 heteroatoms. The molecule has 1 aliphatic heterocycles. The third kappa shape index (κ3) is 3.41. The minimum Gasteiger partial charge on any atom is -0.465 e. The van der Waals surface area contributed by atoms with Crippen LogP contribution in [-0.2, 0) is 14.0 Å². The molecule has 0 radical (unpaired) electrons. The summed E-state index contributed by atoms with van der Waals surface area (Å²) in [6, 6.07) is 21.0. The van der Waals surface area contributed by atoms with Crippen molar-refractivity contribution in [2.45, 2.75) is 32.2 Å². The van der Waals surface area contributed by atoms with Crippen LogP contribution < -0.4 is 10.4 Å². The van der Waals surface area contributed by atoms with Crippen LogP contribution in [0.3, 0.4) is 0 Å². The zero-order chi connectivity index (χ0) is 17.9. The number of carbonyl (C=O) groups is 1. The van der Waals surface area contributed by atoms with Crippen molar-refractivity contribution in [2.24, 2.45) is 5.92 Å². The van der Waals surface area contributed by atoms with E-state index in [2.05, 4.69) is 69.3 Å². The van der Waals surface area contributed by atoms with Gasteiger partial charge in [-0.2, -0.15) is 0 Å². The van der Waals surface area contributed by atoms with Crippen molar-refractivity contribution in [3.8, 4) is 0 Å². The molecule has 132 valence electrons. The Bertz CT molecular complexity index is 667. The van der Waals surface area contributed by atoms with E-state index in [1.54, 1.807) is 0 Å². The summed E-state index contributed by atoms with van der Waals surface area (Å²) in [5.41, 5.74) is 0. The van der Waals surface area contributed by atoms with Gasteiger partial charge in [0.1, 0.15) is 0 Å². The van der Waals surface area contributed by atoms with Gasteiger partial charge in [-0.15, -0.1) is 0 Å². The first-order valence-corrected chi connectivity index (χ1v) is 10.8. The van der Waals surface area contributed by atoms with E-state index in [4.69, 9.17) is 9.16 Å². The number of hydrogen-bond donors (Lipinski definition) is 0. The maximum atomic E-state index is 11.9. The second kappa shape index (κ2) is 7.14. The average molecular weight is 355 g/mol. The monoisotopic (exact) mass is 354 g/mol. The second-order valence-electron chi connectivity index (χ2n) is 7.63. The molecule has 0 aromatic heterocycles. The number of benzene rings is 2. The molecule has 0 saturated carbocycles. The number of ether oxygens (including phenoxy) is 1. The third-order valence-corrected chi connectivity index (χ3v) is 9.97. The summed E-state index contributed by atoms with van der Waals surface area (Å²) in [5.74, 6) is -0.278. The molecular weight excluding hydrogens is 328 g/mol. The highest BCUT2D eigenvalue weighted by molar-refractivity contribution is 6.99. The SMILES string of the molecule is CC(C)(C)[Si](OC[C@@H]1CCOC1=O)(c1ccccc1)c1ccccc1. The van der Waals surface area contributed by atoms with E-state index in [1.807, 2.05) is 12.1 Å². The summed E-state index contributed by atoms with van der Waals surface area (Å²) in [6.07, 6.45) is 0.747. The Morgan fingerprint density at radius 1 is 1.00 bits per heavy atom. The van der Waals surface area contributed by atoms with E-state index in [1.165, 1.54) is 10.4 Å². The Hall–Kier alpha value is -1.91. The van der Waals surface area contributed by atoms with Crippen molar-refractivity contribution in [1.29, 1.82) is 0 Å². The van der Waals surface area contributed by atoms with Gasteiger partial charge >= 0.3 is 5.97 Å². The van der Waals surface area contributed by atoms with Gasteiger partial charge in [-0.3, -0.25) is 4.79 Å². The van der Waals surface area contributed by atoms with Gasteiger partial charge in [-0.05, 0) is 21.8 Å². The van der Waals surface area contributed by atoms with Gasteiger partial charge in [0.25, 0.3) is 8.32 Å². The second-order valence-corrected chi connectivity index (χ2v) is 11.9. The summed E-state index contributed by atoms with van der Waals surface area (Å²) in [7, 11) is -2.55. The van der Waals surface area contributed by atoms with Crippen molar-refractivity contribution >= 4 is 24.7 Å². The van der Waals surface area contributed by atoms with E-state index >= 15 is 0 Å². The van der Waals surface area contributed by atoms with Crippen LogP contribution in [-0.4, -0.2) is 27.5 Å². The molecule has 0 aliphatic carbocycles. The van der Waals surface area contributed by atoms with Crippen LogP contribution in [0.1, 0.15) is 27.2 Å². The molecule has 0 unspecified atom stereocenters. The highest BCUT2D eigenvalue weighted by atomic mass is 28.4. The highest BCUT2D eigenvalue weighted by Crippen LogP contribution is 2.37. The smallest absolute Gasteiger partial charge is 0.311 e. The molecule has 1 heterocycles. The number of rotatable bonds is 5. The molecule has 0 N–H and O–H groups in total. The predicted molar refractivity (Wildman–Crippen MR) is 103 cm³/mol. The van der Waals surface area contributed by atoms with E-state index in [9.17, 15) is 4.79 Å². The lowest BCUT2D eigenvalue weighted by Crippen LogP contribution is -2.67. The van der Waals surface area contributed by atoms with Crippen LogP contribution in [0.4, 0.5) is 0 Å². The fraction of sp³-hybridized carbons (Fsp3) is 0.381. The van der Waals surface area contributed by atoms with Crippen molar-refractivity contribution in [1.82, 2.24) is 0 Å². The van der Waals surface area contributed by atoms with Crippen molar-refractivity contribution in [3.63, 3.8) is 0 Å². The first-order valence-electron chi connectivity index (χ1n) is 8.87. The van der Waals surface area contributed by atoms with Gasteiger partial charge in [0.15, 0.2) is 0 Å². The zero-order valence-corrected chi connectivity index (χ0v) is 16.2. The van der Waals surface area contributed by atoms with Gasteiger partial charge in [0, 0.05) is 6.61 Å². The summed E-state index contributed by atoms with van der Waals surface area (Å²) in [6.45, 7) is 7.66. The van der Waals surface area contributed by atoms with Crippen molar-refractivity contribution in [2.75, 3.05) is 13.2 Å². The quantitative estimate of drug-likeness (QED) is 0.611. The molecule has 1 aliphatic rings. The molecule has 1 saturated heterocycles. The summed E-state index contributed by atoms with van der Waals surface area (Å²) in [5, 5.41) is 2.40. The maximum absolute atomic E-state index is 11.9. The minimum atomic E-state index is -2.55. The number of hydrogen-bond acceptors (Lipinski definition) is 3. The molecule has 0 amide bonds. The van der Waals surface area contributed by atoms with Gasteiger partial charge < -0.3 is 9.16 Å². The Labute approximate surface area is 151 Å². The van der Waals surface area contributed by atoms with Crippen molar-refractivity contribution in [3.05, 3.63) is 60.7 Å². The lowest BCUT2D eigenvalue weighted by Gasteiger charge is -2.43. The van der Waals surface area contributed by atoms with Crippen LogP contribution in [0.5, 0.6) is 0 Å². The van der Waals surface area contributed by atoms with Crippen LogP contribution in [0.15, 0.2) is 60.7 Å². The summed E-state index contributed by atoms with van der Waals surface area (Å²) >= 11 is 0. The molecule has 0 bridgehead atoms. The van der Waals surface area contributed by atoms with Gasteiger partial charge in [0.2, 0.25) is 0 Å². The first-order chi connectivity index (χ1) is 11.9. The van der Waals surface area contributed by atoms with Crippen LogP contribution in [0, 0.1) is 5.92 Å². The van der Waals surface area contributed by atoms with Gasteiger partial charge in [0.05, 0.1) is 12.5 Å². The summed E-state index contributed by atoms with van der Waals surface area (Å²) in [4.78, 5) is 11.9. The predicted octanol–water partition coefficient (Wildman–Crippen LogP) is 3.13. The molecule has 0 spiro atoms. The highest BCUT2D eigenvalue weighted by Gasteiger charge is 2.50. The number of esters is 1. The van der Waals surface area contributed by atoms with Crippen LogP contribution in [0.2, 0.25) is 5.04 Å². The molecular formula is C21H26O3Si. The third-order valence-electron chi connectivity index (χ3n) is 4.96. The van der Waals surface area contributed by atoms with Gasteiger partial charge in [-0.1, -0.05) is 81.4 Å². The van der Waals surface area contributed by atoms with E-state index in [0.29, 0.717) is 13.2 Å². The van der Waals surface area contributed by atoms with E-state index in [0.717, 1.165) is 6.42 Å². The molecule has 3 nitrogen and oxygen atoms in total. The number of cyclic esters (lactones) is 1. The Balaban J connectivity index is 2.07. The fourth-order valence-corrected chi connectivity index (χ4v) is 8.28. The normalized spacial score (nSPS) is 18.2. The van der Waals surface area contributed by atoms with Crippen molar-refractivity contribution < 1.29 is 14.0 Å². The Morgan fingerprint density at radius 2 is 1.52 bits per heavy atom. The van der Waals surface area contributed by atoms with Gasteiger partial charge in [-0.25, -0.2) is 0 Å². The fourth-order valence-electron chi connectivity index (χ4n) is 3.68. The molecule has 25 heavy (non-hydrogen) atoms.